The van der Waals surface area contributed by atoms with Crippen molar-refractivity contribution < 1.29 is 14.7 Å². The highest BCUT2D eigenvalue weighted by Crippen LogP contribution is 2.22. The number of halogens is 1. The maximum absolute atomic E-state index is 11.4. The minimum absolute atomic E-state index is 0.235. The van der Waals surface area contributed by atoms with Crippen molar-refractivity contribution in [2.24, 2.45) is 5.73 Å². The van der Waals surface area contributed by atoms with Crippen LogP contribution in [0.15, 0.2) is 46.9 Å². The standard InChI is InChI=1S/C15H13BrN2O3/c16-11-5-6-12(14(17)19)13(7-11)18-8-9-1-3-10(4-2-9)15(20)21/h1-7,18H,8H2,(H2,17,19)(H,20,21). The van der Waals surface area contributed by atoms with Crippen LogP contribution in [0.5, 0.6) is 0 Å². The number of rotatable bonds is 5. The largest absolute Gasteiger partial charge is 0.478 e. The smallest absolute Gasteiger partial charge is 0.335 e. The second-order valence-electron chi connectivity index (χ2n) is 4.41. The van der Waals surface area contributed by atoms with Gasteiger partial charge in [-0.1, -0.05) is 28.1 Å². The molecule has 0 saturated heterocycles. The lowest BCUT2D eigenvalue weighted by Gasteiger charge is -2.11. The molecule has 2 aromatic rings. The number of nitrogens with two attached hydrogens (primary N) is 1. The molecule has 21 heavy (non-hydrogen) atoms. The van der Waals surface area contributed by atoms with Crippen molar-refractivity contribution in [3.63, 3.8) is 0 Å². The molecule has 108 valence electrons. The maximum Gasteiger partial charge on any atom is 0.335 e. The third-order valence-corrected chi connectivity index (χ3v) is 3.42. The van der Waals surface area contributed by atoms with Gasteiger partial charge in [0.2, 0.25) is 0 Å². The summed E-state index contributed by atoms with van der Waals surface area (Å²) in [6.07, 6.45) is 0. The quantitative estimate of drug-likeness (QED) is 0.774. The molecule has 2 aromatic carbocycles. The van der Waals surface area contributed by atoms with E-state index in [1.54, 1.807) is 30.3 Å². The SMILES string of the molecule is NC(=O)c1ccc(Br)cc1NCc1ccc(C(=O)O)cc1. The van der Waals surface area contributed by atoms with Gasteiger partial charge in [0.25, 0.3) is 5.91 Å². The molecule has 0 atom stereocenters. The van der Waals surface area contributed by atoms with E-state index < -0.39 is 11.9 Å². The van der Waals surface area contributed by atoms with E-state index in [9.17, 15) is 9.59 Å². The molecule has 0 heterocycles. The molecule has 0 aromatic heterocycles. The first-order valence-electron chi connectivity index (χ1n) is 6.13. The van der Waals surface area contributed by atoms with Crippen LogP contribution in [0.25, 0.3) is 0 Å². The van der Waals surface area contributed by atoms with Gasteiger partial charge in [0.1, 0.15) is 0 Å². The lowest BCUT2D eigenvalue weighted by molar-refractivity contribution is 0.0696. The van der Waals surface area contributed by atoms with Crippen molar-refractivity contribution in [2.75, 3.05) is 5.32 Å². The molecule has 0 aliphatic rings. The molecule has 2 rings (SSSR count). The van der Waals surface area contributed by atoms with Crippen molar-refractivity contribution in [1.29, 1.82) is 0 Å². The molecule has 0 unspecified atom stereocenters. The number of hydrogen-bond donors (Lipinski definition) is 3. The molecular formula is C15H13BrN2O3. The van der Waals surface area contributed by atoms with Crippen molar-refractivity contribution in [2.45, 2.75) is 6.54 Å². The van der Waals surface area contributed by atoms with Crippen LogP contribution in [-0.4, -0.2) is 17.0 Å². The van der Waals surface area contributed by atoms with Crippen LogP contribution in [-0.2, 0) is 6.54 Å². The molecule has 0 spiro atoms. The first kappa shape index (κ1) is 15.1. The van der Waals surface area contributed by atoms with E-state index in [1.807, 2.05) is 0 Å². The van der Waals surface area contributed by atoms with Crippen LogP contribution in [0.3, 0.4) is 0 Å². The van der Waals surface area contributed by atoms with Crippen molar-refractivity contribution in [3.8, 4) is 0 Å². The summed E-state index contributed by atoms with van der Waals surface area (Å²) in [6.45, 7) is 0.455. The molecule has 1 amide bonds. The van der Waals surface area contributed by atoms with Crippen LogP contribution in [0.4, 0.5) is 5.69 Å². The minimum atomic E-state index is -0.961. The Morgan fingerprint density at radius 2 is 1.81 bits per heavy atom. The maximum atomic E-state index is 11.4. The Balaban J connectivity index is 2.14. The van der Waals surface area contributed by atoms with Gasteiger partial charge >= 0.3 is 5.97 Å². The number of hydrogen-bond acceptors (Lipinski definition) is 3. The molecule has 0 saturated carbocycles. The number of carboxylic acid groups (broad SMARTS) is 1. The van der Waals surface area contributed by atoms with Gasteiger partial charge in [-0.25, -0.2) is 4.79 Å². The summed E-state index contributed by atoms with van der Waals surface area (Å²) in [5.41, 5.74) is 7.49. The predicted molar refractivity (Wildman–Crippen MR) is 83.4 cm³/mol. The Morgan fingerprint density at radius 1 is 1.14 bits per heavy atom. The summed E-state index contributed by atoms with van der Waals surface area (Å²) < 4.78 is 0.830. The average Bonchev–Trinajstić information content (AvgIpc) is 2.45. The minimum Gasteiger partial charge on any atom is -0.478 e. The first-order valence-corrected chi connectivity index (χ1v) is 6.92. The number of carboxylic acids is 1. The number of amides is 1. The van der Waals surface area contributed by atoms with Crippen LogP contribution in [0.1, 0.15) is 26.3 Å². The fourth-order valence-corrected chi connectivity index (χ4v) is 2.20. The van der Waals surface area contributed by atoms with Gasteiger partial charge in [0.15, 0.2) is 0 Å². The van der Waals surface area contributed by atoms with Gasteiger partial charge in [-0.05, 0) is 35.9 Å². The summed E-state index contributed by atoms with van der Waals surface area (Å²) >= 11 is 3.34. The molecule has 0 aliphatic carbocycles. The molecule has 0 aliphatic heterocycles. The van der Waals surface area contributed by atoms with Gasteiger partial charge in [-0.2, -0.15) is 0 Å². The predicted octanol–water partition coefficient (Wildman–Crippen LogP) is 2.86. The fourth-order valence-electron chi connectivity index (χ4n) is 1.84. The average molecular weight is 349 g/mol. The van der Waals surface area contributed by atoms with Gasteiger partial charge in [-0.15, -0.1) is 0 Å². The summed E-state index contributed by atoms with van der Waals surface area (Å²) in [5.74, 6) is -1.47. The molecule has 0 bridgehead atoms. The van der Waals surface area contributed by atoms with Crippen LogP contribution < -0.4 is 11.1 Å². The van der Waals surface area contributed by atoms with Crippen molar-refractivity contribution in [3.05, 3.63) is 63.6 Å². The Labute approximate surface area is 129 Å². The lowest BCUT2D eigenvalue weighted by atomic mass is 10.1. The highest BCUT2D eigenvalue weighted by molar-refractivity contribution is 9.10. The van der Waals surface area contributed by atoms with Crippen molar-refractivity contribution in [1.82, 2.24) is 0 Å². The van der Waals surface area contributed by atoms with E-state index in [1.165, 1.54) is 12.1 Å². The van der Waals surface area contributed by atoms with Gasteiger partial charge < -0.3 is 16.2 Å². The van der Waals surface area contributed by atoms with Gasteiger partial charge in [0, 0.05) is 16.7 Å². The first-order chi connectivity index (χ1) is 9.97. The molecular weight excluding hydrogens is 336 g/mol. The second-order valence-corrected chi connectivity index (χ2v) is 5.33. The van der Waals surface area contributed by atoms with Crippen LogP contribution >= 0.6 is 15.9 Å². The van der Waals surface area contributed by atoms with E-state index >= 15 is 0 Å². The number of nitrogens with one attached hydrogen (secondary N) is 1. The van der Waals surface area contributed by atoms with E-state index in [4.69, 9.17) is 10.8 Å². The molecule has 4 N–H and O–H groups in total. The third-order valence-electron chi connectivity index (χ3n) is 2.93. The monoisotopic (exact) mass is 348 g/mol. The summed E-state index contributed by atoms with van der Waals surface area (Å²) in [7, 11) is 0. The number of carbonyl (C=O) groups excluding carboxylic acids is 1. The van der Waals surface area contributed by atoms with Crippen LogP contribution in [0.2, 0.25) is 0 Å². The molecule has 0 fully saturated rings. The summed E-state index contributed by atoms with van der Waals surface area (Å²) in [4.78, 5) is 22.1. The molecule has 5 nitrogen and oxygen atoms in total. The zero-order valence-electron chi connectivity index (χ0n) is 11.0. The zero-order chi connectivity index (χ0) is 15.4. The fraction of sp³-hybridized carbons (Fsp3) is 0.0667. The third kappa shape index (κ3) is 3.82. The second kappa shape index (κ2) is 6.41. The number of aromatic carboxylic acids is 1. The Hall–Kier alpha value is -2.34. The molecule has 0 radical (unpaired) electrons. The van der Waals surface area contributed by atoms with Crippen LogP contribution in [0, 0.1) is 0 Å². The summed E-state index contributed by atoms with van der Waals surface area (Å²) in [5, 5.41) is 12.0. The Kier molecular flexibility index (Phi) is 4.59. The normalized spacial score (nSPS) is 10.1. The number of anilines is 1. The highest BCUT2D eigenvalue weighted by atomic mass is 79.9. The lowest BCUT2D eigenvalue weighted by Crippen LogP contribution is -2.14. The number of carbonyl (C=O) groups is 2. The van der Waals surface area contributed by atoms with E-state index in [2.05, 4.69) is 21.2 Å². The van der Waals surface area contributed by atoms with E-state index in [0.717, 1.165) is 10.0 Å². The zero-order valence-corrected chi connectivity index (χ0v) is 12.6. The highest BCUT2D eigenvalue weighted by Gasteiger charge is 2.08. The van der Waals surface area contributed by atoms with Crippen molar-refractivity contribution >= 4 is 33.5 Å². The number of primary amides is 1. The topological polar surface area (TPSA) is 92.4 Å². The van der Waals surface area contributed by atoms with Gasteiger partial charge in [0.05, 0.1) is 11.1 Å². The molecule has 6 heteroatoms. The van der Waals surface area contributed by atoms with Gasteiger partial charge in [-0.3, -0.25) is 4.79 Å². The number of benzene rings is 2. The Morgan fingerprint density at radius 3 is 2.38 bits per heavy atom. The Bertz CT molecular complexity index is 684. The summed E-state index contributed by atoms with van der Waals surface area (Å²) in [6, 6.07) is 11.7. The van der Waals surface area contributed by atoms with E-state index in [0.29, 0.717) is 17.8 Å². The van der Waals surface area contributed by atoms with E-state index in [-0.39, 0.29) is 5.56 Å².